The molecule has 0 amide bonds. The fraction of sp³-hybridized carbons (Fsp3) is 0.769. The minimum Gasteiger partial charge on any atom is -0.310 e. The van der Waals surface area contributed by atoms with E-state index in [0.717, 1.165) is 13.1 Å². The summed E-state index contributed by atoms with van der Waals surface area (Å²) < 4.78 is 0. The summed E-state index contributed by atoms with van der Waals surface area (Å²) in [5, 5.41) is 4.73. The third kappa shape index (κ3) is 3.50. The highest BCUT2D eigenvalue weighted by molar-refractivity contribution is 7.11. The molecule has 0 radical (unpaired) electrons. The van der Waals surface area contributed by atoms with Crippen LogP contribution in [-0.2, 0) is 6.54 Å². The van der Waals surface area contributed by atoms with Crippen molar-refractivity contribution in [3.8, 4) is 0 Å². The fourth-order valence-electron chi connectivity index (χ4n) is 2.44. The summed E-state index contributed by atoms with van der Waals surface area (Å²) in [6.07, 6.45) is 2.75. The van der Waals surface area contributed by atoms with Crippen molar-refractivity contribution < 1.29 is 0 Å². The molecular weight excluding hydrogens is 230 g/mol. The summed E-state index contributed by atoms with van der Waals surface area (Å²) in [6, 6.07) is 0.659. The highest BCUT2D eigenvalue weighted by Gasteiger charge is 2.17. The lowest BCUT2D eigenvalue weighted by Crippen LogP contribution is -2.38. The normalized spacial score (nSPS) is 18.8. The molecule has 0 aromatic carbocycles. The Bertz CT molecular complexity index is 356. The van der Waals surface area contributed by atoms with Crippen LogP contribution in [0.4, 0.5) is 0 Å². The first-order chi connectivity index (χ1) is 8.16. The Balaban J connectivity index is 1.73. The molecule has 1 aliphatic rings. The van der Waals surface area contributed by atoms with Crippen LogP contribution in [0.3, 0.4) is 0 Å². The maximum atomic E-state index is 4.45. The van der Waals surface area contributed by atoms with Crippen LogP contribution in [0.5, 0.6) is 0 Å². The van der Waals surface area contributed by atoms with E-state index in [1.54, 1.807) is 0 Å². The second kappa shape index (κ2) is 5.94. The van der Waals surface area contributed by atoms with Crippen LogP contribution in [0.1, 0.15) is 35.3 Å². The van der Waals surface area contributed by atoms with Gasteiger partial charge >= 0.3 is 0 Å². The summed E-state index contributed by atoms with van der Waals surface area (Å²) in [4.78, 5) is 8.42. The first-order valence-corrected chi connectivity index (χ1v) is 7.36. The number of hydrogen-bond donors (Lipinski definition) is 1. The largest absolute Gasteiger partial charge is 0.310 e. The van der Waals surface area contributed by atoms with E-state index in [0.29, 0.717) is 6.04 Å². The minimum atomic E-state index is 0.659. The summed E-state index contributed by atoms with van der Waals surface area (Å²) in [5.41, 5.74) is 1.19. The molecule has 1 fully saturated rings. The molecule has 1 unspecified atom stereocenters. The number of likely N-dealkylation sites (tertiary alicyclic amines) is 1. The van der Waals surface area contributed by atoms with Crippen molar-refractivity contribution in [1.29, 1.82) is 0 Å². The van der Waals surface area contributed by atoms with E-state index < -0.39 is 0 Å². The monoisotopic (exact) mass is 253 g/mol. The predicted octanol–water partition coefficient (Wildman–Crippen LogP) is 2.33. The smallest absolute Gasteiger partial charge is 0.0900 e. The van der Waals surface area contributed by atoms with Crippen molar-refractivity contribution in [2.45, 2.75) is 46.2 Å². The molecule has 4 heteroatoms. The first kappa shape index (κ1) is 13.0. The Morgan fingerprint density at radius 3 is 2.65 bits per heavy atom. The van der Waals surface area contributed by atoms with E-state index in [1.807, 2.05) is 11.3 Å². The highest BCUT2D eigenvalue weighted by atomic mass is 32.1. The third-order valence-corrected chi connectivity index (χ3v) is 4.56. The van der Waals surface area contributed by atoms with Crippen molar-refractivity contribution in [2.75, 3.05) is 19.6 Å². The predicted molar refractivity (Wildman–Crippen MR) is 73.6 cm³/mol. The molecule has 1 atom stereocenters. The minimum absolute atomic E-state index is 0.659. The first-order valence-electron chi connectivity index (χ1n) is 6.54. The van der Waals surface area contributed by atoms with Crippen LogP contribution < -0.4 is 5.32 Å². The highest BCUT2D eigenvalue weighted by Crippen LogP contribution is 2.16. The number of thiazole rings is 1. The van der Waals surface area contributed by atoms with Gasteiger partial charge in [-0.25, -0.2) is 4.98 Å². The standard InChI is InChI=1S/C13H23N3S/c1-10(16-6-4-5-7-16)8-14-9-13-11(2)15-12(3)17-13/h10,14H,4-9H2,1-3H3. The SMILES string of the molecule is Cc1nc(C)c(CNCC(C)N2CCCC2)s1. The lowest BCUT2D eigenvalue weighted by atomic mass is 10.3. The van der Waals surface area contributed by atoms with E-state index in [4.69, 9.17) is 0 Å². The Hall–Kier alpha value is -0.450. The number of aryl methyl sites for hydroxylation is 2. The van der Waals surface area contributed by atoms with Crippen molar-refractivity contribution >= 4 is 11.3 Å². The van der Waals surface area contributed by atoms with Crippen LogP contribution in [-0.4, -0.2) is 35.6 Å². The Kier molecular flexibility index (Phi) is 4.54. The number of hydrogen-bond acceptors (Lipinski definition) is 4. The van der Waals surface area contributed by atoms with Crippen molar-refractivity contribution in [2.24, 2.45) is 0 Å². The lowest BCUT2D eigenvalue weighted by Gasteiger charge is -2.23. The van der Waals surface area contributed by atoms with Gasteiger partial charge in [0, 0.05) is 24.0 Å². The number of nitrogens with zero attached hydrogens (tertiary/aromatic N) is 2. The van der Waals surface area contributed by atoms with E-state index >= 15 is 0 Å². The summed E-state index contributed by atoms with van der Waals surface area (Å²) in [7, 11) is 0. The molecule has 96 valence electrons. The zero-order valence-electron chi connectivity index (χ0n) is 11.1. The zero-order valence-corrected chi connectivity index (χ0v) is 11.9. The van der Waals surface area contributed by atoms with E-state index in [-0.39, 0.29) is 0 Å². The van der Waals surface area contributed by atoms with Gasteiger partial charge in [0.15, 0.2) is 0 Å². The average molecular weight is 253 g/mol. The van der Waals surface area contributed by atoms with Gasteiger partial charge in [-0.2, -0.15) is 0 Å². The summed E-state index contributed by atoms with van der Waals surface area (Å²) in [6.45, 7) is 11.1. The van der Waals surface area contributed by atoms with Crippen LogP contribution in [0, 0.1) is 13.8 Å². The summed E-state index contributed by atoms with van der Waals surface area (Å²) >= 11 is 1.81. The van der Waals surface area contributed by atoms with Gasteiger partial charge in [0.2, 0.25) is 0 Å². The van der Waals surface area contributed by atoms with Crippen molar-refractivity contribution in [1.82, 2.24) is 15.2 Å². The van der Waals surface area contributed by atoms with Crippen LogP contribution in [0.25, 0.3) is 0 Å². The molecule has 1 aromatic heterocycles. The van der Waals surface area contributed by atoms with Gasteiger partial charge in [0.25, 0.3) is 0 Å². The van der Waals surface area contributed by atoms with Crippen LogP contribution in [0.2, 0.25) is 0 Å². The van der Waals surface area contributed by atoms with E-state index in [1.165, 1.54) is 41.5 Å². The van der Waals surface area contributed by atoms with Gasteiger partial charge in [-0.3, -0.25) is 4.90 Å². The Morgan fingerprint density at radius 2 is 2.06 bits per heavy atom. The third-order valence-electron chi connectivity index (χ3n) is 3.49. The van der Waals surface area contributed by atoms with Gasteiger partial charge in [0.05, 0.1) is 10.7 Å². The quantitative estimate of drug-likeness (QED) is 0.873. The number of nitrogens with one attached hydrogen (secondary N) is 1. The van der Waals surface area contributed by atoms with Gasteiger partial charge in [-0.15, -0.1) is 11.3 Å². The van der Waals surface area contributed by atoms with E-state index in [9.17, 15) is 0 Å². The fourth-order valence-corrected chi connectivity index (χ4v) is 3.35. The molecule has 2 heterocycles. The zero-order chi connectivity index (χ0) is 12.3. The molecule has 0 saturated carbocycles. The molecule has 1 N–H and O–H groups in total. The molecule has 0 aliphatic carbocycles. The molecule has 3 nitrogen and oxygen atoms in total. The average Bonchev–Trinajstić information content (AvgIpc) is 2.89. The molecule has 0 spiro atoms. The molecular formula is C13H23N3S. The molecule has 1 aromatic rings. The van der Waals surface area contributed by atoms with Crippen LogP contribution >= 0.6 is 11.3 Å². The lowest BCUT2D eigenvalue weighted by molar-refractivity contribution is 0.252. The van der Waals surface area contributed by atoms with Crippen LogP contribution in [0.15, 0.2) is 0 Å². The van der Waals surface area contributed by atoms with Gasteiger partial charge in [-0.1, -0.05) is 0 Å². The number of rotatable bonds is 5. The topological polar surface area (TPSA) is 28.2 Å². The Labute approximate surface area is 108 Å². The molecule has 17 heavy (non-hydrogen) atoms. The second-order valence-electron chi connectivity index (χ2n) is 4.96. The maximum absolute atomic E-state index is 4.45. The van der Waals surface area contributed by atoms with Crippen molar-refractivity contribution in [3.63, 3.8) is 0 Å². The molecule has 1 saturated heterocycles. The summed E-state index contributed by atoms with van der Waals surface area (Å²) in [5.74, 6) is 0. The molecule has 1 aliphatic heterocycles. The van der Waals surface area contributed by atoms with Gasteiger partial charge in [-0.05, 0) is 46.7 Å². The van der Waals surface area contributed by atoms with Gasteiger partial charge in [0.1, 0.15) is 0 Å². The molecule has 0 bridgehead atoms. The number of aromatic nitrogens is 1. The molecule has 2 rings (SSSR count). The van der Waals surface area contributed by atoms with E-state index in [2.05, 4.69) is 36.0 Å². The Morgan fingerprint density at radius 1 is 1.35 bits per heavy atom. The van der Waals surface area contributed by atoms with Gasteiger partial charge < -0.3 is 5.32 Å². The maximum Gasteiger partial charge on any atom is 0.0900 e. The second-order valence-corrected chi connectivity index (χ2v) is 6.25. The van der Waals surface area contributed by atoms with Crippen molar-refractivity contribution in [3.05, 3.63) is 15.6 Å².